The van der Waals surface area contributed by atoms with Gasteiger partial charge in [-0.05, 0) is 41.5 Å². The van der Waals surface area contributed by atoms with Crippen LogP contribution in [-0.4, -0.2) is 48.1 Å². The predicted molar refractivity (Wildman–Crippen MR) is 111 cm³/mol. The van der Waals surface area contributed by atoms with Crippen molar-refractivity contribution in [1.82, 2.24) is 9.80 Å². The van der Waals surface area contributed by atoms with Crippen LogP contribution in [0.3, 0.4) is 0 Å². The van der Waals surface area contributed by atoms with Gasteiger partial charge in [0.25, 0.3) is 0 Å². The van der Waals surface area contributed by atoms with E-state index in [0.29, 0.717) is 28.9 Å². The highest BCUT2D eigenvalue weighted by molar-refractivity contribution is 5.92. The maximum atomic E-state index is 13.5. The molecule has 3 aliphatic rings. The minimum absolute atomic E-state index is 0.156. The number of ether oxygens (including phenoxy) is 2. The van der Waals surface area contributed by atoms with Crippen LogP contribution in [0.25, 0.3) is 5.57 Å². The van der Waals surface area contributed by atoms with Crippen LogP contribution in [0, 0.1) is 5.82 Å². The fourth-order valence-corrected chi connectivity index (χ4v) is 4.14. The minimum Gasteiger partial charge on any atom is -0.405 e. The summed E-state index contributed by atoms with van der Waals surface area (Å²) in [5.74, 6) is -0.611. The van der Waals surface area contributed by atoms with Gasteiger partial charge in [0.05, 0.1) is 12.6 Å². The van der Waals surface area contributed by atoms with Gasteiger partial charge in [-0.25, -0.2) is 9.18 Å². The number of nitrogens with one attached hydrogen (secondary N) is 1. The van der Waals surface area contributed by atoms with Crippen molar-refractivity contribution < 1.29 is 31.8 Å². The van der Waals surface area contributed by atoms with Crippen molar-refractivity contribution in [3.05, 3.63) is 77.3 Å². The third kappa shape index (κ3) is 4.38. The van der Waals surface area contributed by atoms with Crippen LogP contribution in [-0.2, 0) is 11.3 Å². The normalized spacial score (nSPS) is 18.9. The van der Waals surface area contributed by atoms with Gasteiger partial charge in [-0.3, -0.25) is 0 Å². The lowest BCUT2D eigenvalue weighted by molar-refractivity contribution is -0.274. The number of rotatable bonds is 7. The summed E-state index contributed by atoms with van der Waals surface area (Å²) in [4.78, 5) is 15.7. The molecule has 1 N–H and O–H groups in total. The second-order valence-electron chi connectivity index (χ2n) is 7.82. The fourth-order valence-electron chi connectivity index (χ4n) is 4.14. The number of anilines is 1. The van der Waals surface area contributed by atoms with Crippen molar-refractivity contribution in [2.24, 2.45) is 0 Å². The van der Waals surface area contributed by atoms with E-state index in [-0.39, 0.29) is 43.5 Å². The van der Waals surface area contributed by atoms with E-state index >= 15 is 0 Å². The van der Waals surface area contributed by atoms with Gasteiger partial charge in [0.2, 0.25) is 0 Å². The van der Waals surface area contributed by atoms with Gasteiger partial charge >= 0.3 is 12.4 Å². The first-order valence-corrected chi connectivity index (χ1v) is 10.3. The van der Waals surface area contributed by atoms with Crippen LogP contribution in [0.4, 0.5) is 28.0 Å². The van der Waals surface area contributed by atoms with Gasteiger partial charge in [0.1, 0.15) is 18.3 Å². The Morgan fingerprint density at radius 1 is 1.12 bits per heavy atom. The molecule has 0 aromatic heterocycles. The van der Waals surface area contributed by atoms with Crippen LogP contribution in [0.15, 0.2) is 60.3 Å². The molecule has 5 rings (SSSR count). The van der Waals surface area contributed by atoms with Crippen molar-refractivity contribution in [1.29, 1.82) is 0 Å². The van der Waals surface area contributed by atoms with Crippen molar-refractivity contribution in [3.8, 4) is 5.75 Å². The highest BCUT2D eigenvalue weighted by Gasteiger charge is 2.47. The molecular weight excluding hydrogens is 442 g/mol. The number of para-hydroxylation sites is 1. The van der Waals surface area contributed by atoms with E-state index in [0.717, 1.165) is 5.70 Å². The molecule has 0 bridgehead atoms. The van der Waals surface area contributed by atoms with Gasteiger partial charge in [0, 0.05) is 30.0 Å². The third-order valence-corrected chi connectivity index (χ3v) is 5.70. The summed E-state index contributed by atoms with van der Waals surface area (Å²) in [5.41, 5.74) is 3.32. The van der Waals surface area contributed by atoms with Crippen molar-refractivity contribution in [3.63, 3.8) is 0 Å². The molecule has 0 unspecified atom stereocenters. The number of halogens is 4. The molecule has 2 aromatic rings. The van der Waals surface area contributed by atoms with Gasteiger partial charge < -0.3 is 24.6 Å². The Bertz CT molecular complexity index is 1160. The van der Waals surface area contributed by atoms with Crippen LogP contribution >= 0.6 is 0 Å². The first kappa shape index (κ1) is 21.3. The largest absolute Gasteiger partial charge is 0.573 e. The van der Waals surface area contributed by atoms with Gasteiger partial charge in [-0.1, -0.05) is 24.3 Å². The van der Waals surface area contributed by atoms with E-state index in [2.05, 4.69) is 10.1 Å². The molecule has 2 aliphatic heterocycles. The molecule has 1 atom stereocenters. The topological polar surface area (TPSA) is 53.8 Å². The monoisotopic (exact) mass is 461 g/mol. The highest BCUT2D eigenvalue weighted by atomic mass is 19.4. The number of hydrogen-bond donors (Lipinski definition) is 1. The van der Waals surface area contributed by atoms with E-state index in [9.17, 15) is 22.4 Å². The molecule has 0 spiro atoms. The Balaban J connectivity index is 1.14. The van der Waals surface area contributed by atoms with E-state index in [1.807, 2.05) is 11.0 Å². The van der Waals surface area contributed by atoms with Crippen molar-refractivity contribution in [2.45, 2.75) is 18.9 Å². The quantitative estimate of drug-likeness (QED) is 0.369. The first-order chi connectivity index (χ1) is 15.8. The van der Waals surface area contributed by atoms with Crippen LogP contribution in [0.1, 0.15) is 11.1 Å². The Labute approximate surface area is 186 Å². The molecule has 6 nitrogen and oxygen atoms in total. The molecule has 1 fully saturated rings. The van der Waals surface area contributed by atoms with Crippen LogP contribution in [0.2, 0.25) is 0 Å². The third-order valence-electron chi connectivity index (χ3n) is 5.70. The number of fused-ring (bicyclic) bond motifs is 2. The molecule has 33 heavy (non-hydrogen) atoms. The van der Waals surface area contributed by atoms with Gasteiger partial charge in [-0.15, -0.1) is 13.2 Å². The van der Waals surface area contributed by atoms with Gasteiger partial charge in [0.15, 0.2) is 0 Å². The molecule has 10 heteroatoms. The van der Waals surface area contributed by atoms with Crippen LogP contribution in [0.5, 0.6) is 5.75 Å². The molecule has 1 aliphatic carbocycles. The number of hydrogen-bond acceptors (Lipinski definition) is 4. The average molecular weight is 461 g/mol. The summed E-state index contributed by atoms with van der Waals surface area (Å²) in [6.07, 6.45) is -1.15. The number of carbonyl (C=O) groups is 1. The molecular formula is C23H19F4N3O3. The standard InChI is InChI=1S/C23H19F4N3O3/c24-15-5-7-18-14(11-15)12-29(22(31)28-18)9-10-32-13-30-19-8-6-17(21(19)30)16-3-1-2-4-20(16)33-23(25,26)27/h1-8,11,21H,9-10,12-13H2,(H,28,31)/t21-,30?/m1/s1. The Morgan fingerprint density at radius 2 is 1.94 bits per heavy atom. The zero-order valence-corrected chi connectivity index (χ0v) is 17.2. The second-order valence-corrected chi connectivity index (χ2v) is 7.82. The number of alkyl halides is 3. The lowest BCUT2D eigenvalue weighted by Gasteiger charge is -2.29. The maximum Gasteiger partial charge on any atom is 0.573 e. The number of nitrogens with zero attached hydrogens (tertiary/aromatic N) is 2. The smallest absolute Gasteiger partial charge is 0.405 e. The average Bonchev–Trinajstić information content (AvgIpc) is 3.25. The minimum atomic E-state index is -4.77. The summed E-state index contributed by atoms with van der Waals surface area (Å²) in [6.45, 7) is 1.07. The van der Waals surface area contributed by atoms with E-state index in [1.54, 1.807) is 18.2 Å². The predicted octanol–water partition coefficient (Wildman–Crippen LogP) is 4.71. The summed E-state index contributed by atoms with van der Waals surface area (Å²) in [6, 6.07) is 9.82. The molecule has 0 saturated carbocycles. The molecule has 2 heterocycles. The number of urea groups is 1. The summed E-state index contributed by atoms with van der Waals surface area (Å²) in [7, 11) is 0. The number of carbonyl (C=O) groups excluding carboxylic acids is 1. The van der Waals surface area contributed by atoms with Crippen LogP contribution < -0.4 is 10.1 Å². The molecule has 2 aromatic carbocycles. The SMILES string of the molecule is O=C1Nc2ccc(F)cc2CN1CCOCN1C2=CC=C(c3ccccc3OC(F)(F)F)[C@H]21. The lowest BCUT2D eigenvalue weighted by Crippen LogP contribution is -2.40. The molecule has 2 amide bonds. The lowest BCUT2D eigenvalue weighted by atomic mass is 10.0. The fraction of sp³-hybridized carbons (Fsp3) is 0.261. The number of allylic oxidation sites excluding steroid dienone is 2. The molecule has 1 saturated heterocycles. The van der Waals surface area contributed by atoms with Gasteiger partial charge in [-0.2, -0.15) is 0 Å². The zero-order valence-electron chi connectivity index (χ0n) is 17.2. The maximum absolute atomic E-state index is 13.5. The van der Waals surface area contributed by atoms with E-state index < -0.39 is 6.36 Å². The summed E-state index contributed by atoms with van der Waals surface area (Å²) in [5, 5.41) is 2.72. The Kier molecular flexibility index (Phi) is 5.24. The molecule has 0 radical (unpaired) electrons. The first-order valence-electron chi connectivity index (χ1n) is 10.3. The summed E-state index contributed by atoms with van der Waals surface area (Å²) < 4.78 is 61.6. The van der Waals surface area contributed by atoms with Crippen molar-refractivity contribution in [2.75, 3.05) is 25.2 Å². The zero-order chi connectivity index (χ0) is 23.2. The second kappa shape index (κ2) is 8.11. The Morgan fingerprint density at radius 3 is 2.76 bits per heavy atom. The number of benzene rings is 2. The highest BCUT2D eigenvalue weighted by Crippen LogP contribution is 2.49. The van der Waals surface area contributed by atoms with Crippen molar-refractivity contribution >= 4 is 17.3 Å². The molecule has 172 valence electrons. The Hall–Kier alpha value is -3.53. The van der Waals surface area contributed by atoms with E-state index in [1.165, 1.54) is 35.2 Å². The van der Waals surface area contributed by atoms with E-state index in [4.69, 9.17) is 4.74 Å². The number of amides is 2. The summed E-state index contributed by atoms with van der Waals surface area (Å²) >= 11 is 0.